The minimum Gasteiger partial charge on any atom is -0.444 e. The Morgan fingerprint density at radius 3 is 2.30 bits per heavy atom. The molecular weight excluding hydrogens is 344 g/mol. The zero-order valence-corrected chi connectivity index (χ0v) is 15.1. The molecule has 140 valence electrons. The van der Waals surface area contributed by atoms with Gasteiger partial charge < -0.3 is 15.4 Å². The van der Waals surface area contributed by atoms with E-state index < -0.39 is 12.1 Å². The molecule has 2 amide bonds. The SMILES string of the molecule is CC(=O)NCc1ccc(C(=O)O[C@H](C(=O)NC2CC2)c2ccccc2)cc1. The van der Waals surface area contributed by atoms with Gasteiger partial charge >= 0.3 is 5.97 Å². The van der Waals surface area contributed by atoms with Crippen LogP contribution in [0.3, 0.4) is 0 Å². The Labute approximate surface area is 157 Å². The first-order chi connectivity index (χ1) is 13.0. The number of ether oxygens (including phenoxy) is 1. The highest BCUT2D eigenvalue weighted by molar-refractivity contribution is 5.92. The summed E-state index contributed by atoms with van der Waals surface area (Å²) in [5.41, 5.74) is 1.85. The molecule has 1 aliphatic carbocycles. The average Bonchev–Trinajstić information content (AvgIpc) is 3.49. The molecule has 0 saturated heterocycles. The summed E-state index contributed by atoms with van der Waals surface area (Å²) in [7, 11) is 0. The van der Waals surface area contributed by atoms with Crippen LogP contribution in [-0.2, 0) is 20.9 Å². The summed E-state index contributed by atoms with van der Waals surface area (Å²) < 4.78 is 5.53. The summed E-state index contributed by atoms with van der Waals surface area (Å²) in [4.78, 5) is 36.0. The molecule has 1 atom stereocenters. The molecule has 27 heavy (non-hydrogen) atoms. The van der Waals surface area contributed by atoms with E-state index in [1.165, 1.54) is 6.92 Å². The zero-order chi connectivity index (χ0) is 19.2. The minimum atomic E-state index is -0.988. The van der Waals surface area contributed by atoms with Gasteiger partial charge in [-0.2, -0.15) is 0 Å². The Hall–Kier alpha value is -3.15. The highest BCUT2D eigenvalue weighted by Gasteiger charge is 2.31. The molecule has 0 spiro atoms. The first-order valence-electron chi connectivity index (χ1n) is 8.92. The topological polar surface area (TPSA) is 84.5 Å². The van der Waals surface area contributed by atoms with Crippen LogP contribution in [0.4, 0.5) is 0 Å². The number of esters is 1. The lowest BCUT2D eigenvalue weighted by atomic mass is 10.1. The standard InChI is InChI=1S/C21H22N2O4/c1-14(24)22-13-15-7-9-17(10-8-15)21(26)27-19(16-5-3-2-4-6-16)20(25)23-18-11-12-18/h2-10,18-19H,11-13H2,1H3,(H,22,24)(H,23,25)/t19-/m0/s1. The van der Waals surface area contributed by atoms with Crippen LogP contribution in [0.2, 0.25) is 0 Å². The zero-order valence-electron chi connectivity index (χ0n) is 15.1. The normalized spacial score (nSPS) is 14.1. The van der Waals surface area contributed by atoms with Crippen molar-refractivity contribution in [3.8, 4) is 0 Å². The summed E-state index contributed by atoms with van der Waals surface area (Å²) in [6, 6.07) is 15.9. The second-order valence-corrected chi connectivity index (χ2v) is 6.59. The number of hydrogen-bond acceptors (Lipinski definition) is 4. The molecule has 0 aliphatic heterocycles. The maximum atomic E-state index is 12.5. The molecule has 3 rings (SSSR count). The molecule has 1 fully saturated rings. The maximum absolute atomic E-state index is 12.5. The number of benzene rings is 2. The Kier molecular flexibility index (Phi) is 5.86. The summed E-state index contributed by atoms with van der Waals surface area (Å²) in [5.74, 6) is -0.994. The quantitative estimate of drug-likeness (QED) is 0.738. The Morgan fingerprint density at radius 1 is 1.04 bits per heavy atom. The van der Waals surface area contributed by atoms with Crippen LogP contribution in [0.25, 0.3) is 0 Å². The lowest BCUT2D eigenvalue weighted by molar-refractivity contribution is -0.130. The smallest absolute Gasteiger partial charge is 0.339 e. The van der Waals surface area contributed by atoms with E-state index in [9.17, 15) is 14.4 Å². The Bertz CT molecular complexity index is 814. The van der Waals surface area contributed by atoms with Crippen LogP contribution in [0.5, 0.6) is 0 Å². The highest BCUT2D eigenvalue weighted by Crippen LogP contribution is 2.24. The average molecular weight is 366 g/mol. The van der Waals surface area contributed by atoms with Gasteiger partial charge in [0, 0.05) is 25.1 Å². The molecule has 0 bridgehead atoms. The lowest BCUT2D eigenvalue weighted by Crippen LogP contribution is -2.33. The van der Waals surface area contributed by atoms with Gasteiger partial charge in [0.2, 0.25) is 12.0 Å². The van der Waals surface area contributed by atoms with E-state index in [1.807, 2.05) is 6.07 Å². The number of rotatable bonds is 7. The van der Waals surface area contributed by atoms with Crippen molar-refractivity contribution < 1.29 is 19.1 Å². The van der Waals surface area contributed by atoms with Gasteiger partial charge in [-0.15, -0.1) is 0 Å². The van der Waals surface area contributed by atoms with E-state index >= 15 is 0 Å². The van der Waals surface area contributed by atoms with Crippen molar-refractivity contribution in [1.82, 2.24) is 10.6 Å². The van der Waals surface area contributed by atoms with Crippen LogP contribution >= 0.6 is 0 Å². The predicted octanol–water partition coefficient (Wildman–Crippen LogP) is 2.50. The van der Waals surface area contributed by atoms with E-state index in [0.717, 1.165) is 18.4 Å². The van der Waals surface area contributed by atoms with Gasteiger partial charge in [-0.05, 0) is 30.5 Å². The second-order valence-electron chi connectivity index (χ2n) is 6.59. The first-order valence-corrected chi connectivity index (χ1v) is 8.92. The van der Waals surface area contributed by atoms with E-state index in [2.05, 4.69) is 10.6 Å². The number of nitrogens with one attached hydrogen (secondary N) is 2. The predicted molar refractivity (Wildman–Crippen MR) is 99.7 cm³/mol. The minimum absolute atomic E-state index is 0.120. The van der Waals surface area contributed by atoms with Crippen molar-refractivity contribution in [2.75, 3.05) is 0 Å². The first kappa shape index (κ1) is 18.6. The number of amides is 2. The second kappa shape index (κ2) is 8.49. The fraction of sp³-hybridized carbons (Fsp3) is 0.286. The third-order valence-corrected chi connectivity index (χ3v) is 4.22. The van der Waals surface area contributed by atoms with Gasteiger partial charge in [0.25, 0.3) is 5.91 Å². The molecule has 6 nitrogen and oxygen atoms in total. The van der Waals surface area contributed by atoms with Crippen LogP contribution in [0, 0.1) is 0 Å². The molecule has 0 radical (unpaired) electrons. The molecule has 2 N–H and O–H groups in total. The molecular formula is C21H22N2O4. The molecule has 2 aromatic carbocycles. The van der Waals surface area contributed by atoms with Gasteiger partial charge in [0.15, 0.2) is 0 Å². The van der Waals surface area contributed by atoms with Gasteiger partial charge in [-0.1, -0.05) is 42.5 Å². The number of carbonyl (C=O) groups is 3. The van der Waals surface area contributed by atoms with Gasteiger partial charge in [0.1, 0.15) is 0 Å². The molecule has 0 aromatic heterocycles. The molecule has 0 heterocycles. The Morgan fingerprint density at radius 2 is 1.70 bits per heavy atom. The number of hydrogen-bond donors (Lipinski definition) is 2. The summed E-state index contributed by atoms with van der Waals surface area (Å²) in [5, 5.41) is 5.58. The maximum Gasteiger partial charge on any atom is 0.339 e. The van der Waals surface area contributed by atoms with E-state index in [4.69, 9.17) is 4.74 Å². The van der Waals surface area contributed by atoms with Crippen molar-refractivity contribution in [3.05, 3.63) is 71.3 Å². The van der Waals surface area contributed by atoms with Gasteiger partial charge in [-0.25, -0.2) is 4.79 Å². The highest BCUT2D eigenvalue weighted by atomic mass is 16.5. The van der Waals surface area contributed by atoms with Crippen molar-refractivity contribution >= 4 is 17.8 Å². The van der Waals surface area contributed by atoms with E-state index in [0.29, 0.717) is 17.7 Å². The van der Waals surface area contributed by atoms with Crippen LogP contribution in [0.1, 0.15) is 47.4 Å². The third kappa shape index (κ3) is 5.41. The van der Waals surface area contributed by atoms with Crippen LogP contribution in [0.15, 0.2) is 54.6 Å². The summed E-state index contributed by atoms with van der Waals surface area (Å²) in [6.07, 6.45) is 0.923. The van der Waals surface area contributed by atoms with Gasteiger partial charge in [0.05, 0.1) is 5.56 Å². The van der Waals surface area contributed by atoms with E-state index in [-0.39, 0.29) is 17.9 Å². The monoisotopic (exact) mass is 366 g/mol. The Balaban J connectivity index is 1.69. The molecule has 6 heteroatoms. The molecule has 2 aromatic rings. The van der Waals surface area contributed by atoms with Gasteiger partial charge in [-0.3, -0.25) is 9.59 Å². The lowest BCUT2D eigenvalue weighted by Gasteiger charge is -2.18. The van der Waals surface area contributed by atoms with Crippen molar-refractivity contribution in [3.63, 3.8) is 0 Å². The fourth-order valence-corrected chi connectivity index (χ4v) is 2.57. The van der Waals surface area contributed by atoms with Crippen molar-refractivity contribution in [2.45, 2.75) is 38.5 Å². The summed E-state index contributed by atoms with van der Waals surface area (Å²) >= 11 is 0. The summed E-state index contributed by atoms with van der Waals surface area (Å²) in [6.45, 7) is 1.84. The van der Waals surface area contributed by atoms with Crippen LogP contribution < -0.4 is 10.6 Å². The number of carbonyl (C=O) groups excluding carboxylic acids is 3. The van der Waals surface area contributed by atoms with Crippen molar-refractivity contribution in [2.24, 2.45) is 0 Å². The van der Waals surface area contributed by atoms with Crippen LogP contribution in [-0.4, -0.2) is 23.8 Å². The largest absolute Gasteiger partial charge is 0.444 e. The van der Waals surface area contributed by atoms with E-state index in [1.54, 1.807) is 48.5 Å². The van der Waals surface area contributed by atoms with Crippen molar-refractivity contribution in [1.29, 1.82) is 0 Å². The molecule has 1 saturated carbocycles. The fourth-order valence-electron chi connectivity index (χ4n) is 2.57. The molecule has 1 aliphatic rings. The molecule has 0 unspecified atom stereocenters. The third-order valence-electron chi connectivity index (χ3n) is 4.22.